The van der Waals surface area contributed by atoms with Crippen LogP contribution in [-0.4, -0.2) is 51.7 Å². The SMILES string of the molecule is CC(=O)N[C@H]1CO[C@](O)(C(=O)O)C[C@H]1O. The molecule has 86 valence electrons. The van der Waals surface area contributed by atoms with Crippen molar-refractivity contribution in [1.82, 2.24) is 5.32 Å². The molecule has 1 rings (SSSR count). The van der Waals surface area contributed by atoms with E-state index in [1.807, 2.05) is 0 Å². The molecule has 4 N–H and O–H groups in total. The third-order valence-corrected chi connectivity index (χ3v) is 2.17. The minimum absolute atomic E-state index is 0.246. The van der Waals surface area contributed by atoms with E-state index in [0.717, 1.165) is 0 Å². The molecule has 7 heteroatoms. The highest BCUT2D eigenvalue weighted by atomic mass is 16.6. The van der Waals surface area contributed by atoms with Crippen LogP contribution in [0.25, 0.3) is 0 Å². The van der Waals surface area contributed by atoms with Crippen molar-refractivity contribution in [2.45, 2.75) is 31.3 Å². The number of ether oxygens (including phenoxy) is 1. The van der Waals surface area contributed by atoms with Crippen molar-refractivity contribution >= 4 is 11.9 Å². The molecular weight excluding hydrogens is 206 g/mol. The van der Waals surface area contributed by atoms with Gasteiger partial charge in [0.05, 0.1) is 18.8 Å². The number of hydrogen-bond acceptors (Lipinski definition) is 5. The molecule has 0 bridgehead atoms. The Bertz CT molecular complexity index is 280. The fraction of sp³-hybridized carbons (Fsp3) is 0.750. The maximum Gasteiger partial charge on any atom is 0.364 e. The maximum absolute atomic E-state index is 10.7. The fourth-order valence-corrected chi connectivity index (χ4v) is 1.37. The fourth-order valence-electron chi connectivity index (χ4n) is 1.37. The van der Waals surface area contributed by atoms with Gasteiger partial charge in [-0.2, -0.15) is 0 Å². The maximum atomic E-state index is 10.7. The van der Waals surface area contributed by atoms with Gasteiger partial charge in [-0.3, -0.25) is 4.79 Å². The molecule has 0 aromatic carbocycles. The lowest BCUT2D eigenvalue weighted by Crippen LogP contribution is -2.58. The summed E-state index contributed by atoms with van der Waals surface area (Å²) in [6.07, 6.45) is -1.63. The van der Waals surface area contributed by atoms with Crippen molar-refractivity contribution in [2.24, 2.45) is 0 Å². The Kier molecular flexibility index (Phi) is 3.28. The highest BCUT2D eigenvalue weighted by Gasteiger charge is 2.46. The second-order valence-corrected chi connectivity index (χ2v) is 3.48. The Hall–Kier alpha value is -1.18. The summed E-state index contributed by atoms with van der Waals surface area (Å²) in [5, 5.41) is 29.9. The van der Waals surface area contributed by atoms with Gasteiger partial charge in [-0.25, -0.2) is 4.79 Å². The third kappa shape index (κ3) is 2.65. The molecule has 1 fully saturated rings. The van der Waals surface area contributed by atoms with Crippen molar-refractivity contribution in [2.75, 3.05) is 6.61 Å². The summed E-state index contributed by atoms with van der Waals surface area (Å²) >= 11 is 0. The van der Waals surface area contributed by atoms with E-state index in [9.17, 15) is 19.8 Å². The Morgan fingerprint density at radius 2 is 2.13 bits per heavy atom. The van der Waals surface area contributed by atoms with Crippen LogP contribution in [0.1, 0.15) is 13.3 Å². The van der Waals surface area contributed by atoms with Gasteiger partial charge in [0.25, 0.3) is 5.79 Å². The first-order valence-corrected chi connectivity index (χ1v) is 4.40. The standard InChI is InChI=1S/C8H13NO6/c1-4(10)9-5-3-15-8(14,7(12)13)2-6(5)11/h5-6,11,14H,2-3H2,1H3,(H,9,10)(H,12,13)/t5-,6+,8-/m0/s1. The Balaban J connectivity index is 2.62. The zero-order chi connectivity index (χ0) is 11.6. The number of rotatable bonds is 2. The van der Waals surface area contributed by atoms with E-state index in [4.69, 9.17) is 9.84 Å². The predicted octanol–water partition coefficient (Wildman–Crippen LogP) is -1.95. The monoisotopic (exact) mass is 219 g/mol. The molecule has 3 atom stereocenters. The van der Waals surface area contributed by atoms with Crippen molar-refractivity contribution < 1.29 is 29.6 Å². The molecule has 1 amide bonds. The largest absolute Gasteiger partial charge is 0.477 e. The zero-order valence-electron chi connectivity index (χ0n) is 8.14. The summed E-state index contributed by atoms with van der Waals surface area (Å²) in [5.41, 5.74) is 0. The van der Waals surface area contributed by atoms with Crippen LogP contribution >= 0.6 is 0 Å². The molecule has 1 aliphatic rings. The smallest absolute Gasteiger partial charge is 0.364 e. The van der Waals surface area contributed by atoms with Gasteiger partial charge in [-0.05, 0) is 0 Å². The molecule has 7 nitrogen and oxygen atoms in total. The van der Waals surface area contributed by atoms with E-state index in [0.29, 0.717) is 0 Å². The van der Waals surface area contributed by atoms with Crippen molar-refractivity contribution in [3.63, 3.8) is 0 Å². The van der Waals surface area contributed by atoms with Gasteiger partial charge in [0, 0.05) is 13.3 Å². The van der Waals surface area contributed by atoms with Crippen LogP contribution in [0.15, 0.2) is 0 Å². The molecule has 0 saturated carbocycles. The number of carbonyl (C=O) groups is 2. The first-order valence-electron chi connectivity index (χ1n) is 4.40. The summed E-state index contributed by atoms with van der Waals surface area (Å²) in [6.45, 7) is 1.02. The molecule has 0 unspecified atom stereocenters. The van der Waals surface area contributed by atoms with E-state index in [1.165, 1.54) is 6.92 Å². The number of aliphatic carboxylic acids is 1. The van der Waals surface area contributed by atoms with Crippen LogP contribution < -0.4 is 5.32 Å². The molecule has 0 spiro atoms. The van der Waals surface area contributed by atoms with Crippen LogP contribution in [0.2, 0.25) is 0 Å². The van der Waals surface area contributed by atoms with E-state index in [1.54, 1.807) is 0 Å². The average molecular weight is 219 g/mol. The van der Waals surface area contributed by atoms with E-state index >= 15 is 0 Å². The van der Waals surface area contributed by atoms with Crippen LogP contribution in [0.4, 0.5) is 0 Å². The second-order valence-electron chi connectivity index (χ2n) is 3.48. The minimum Gasteiger partial charge on any atom is -0.477 e. The number of nitrogens with one attached hydrogen (secondary N) is 1. The molecule has 15 heavy (non-hydrogen) atoms. The normalized spacial score (nSPS) is 35.9. The lowest BCUT2D eigenvalue weighted by molar-refractivity contribution is -0.253. The van der Waals surface area contributed by atoms with Gasteiger partial charge in [0.15, 0.2) is 0 Å². The quantitative estimate of drug-likeness (QED) is 0.429. The van der Waals surface area contributed by atoms with Crippen molar-refractivity contribution in [3.05, 3.63) is 0 Å². The number of carbonyl (C=O) groups excluding carboxylic acids is 1. The van der Waals surface area contributed by atoms with Crippen molar-refractivity contribution in [3.8, 4) is 0 Å². The Labute approximate surface area is 85.7 Å². The van der Waals surface area contributed by atoms with E-state index in [2.05, 4.69) is 5.32 Å². The summed E-state index contributed by atoms with van der Waals surface area (Å²) in [4.78, 5) is 21.3. The van der Waals surface area contributed by atoms with Gasteiger partial charge >= 0.3 is 5.97 Å². The summed E-state index contributed by atoms with van der Waals surface area (Å²) in [7, 11) is 0. The number of aliphatic hydroxyl groups excluding tert-OH is 1. The highest BCUT2D eigenvalue weighted by Crippen LogP contribution is 2.23. The van der Waals surface area contributed by atoms with Crippen LogP contribution in [0.5, 0.6) is 0 Å². The van der Waals surface area contributed by atoms with E-state index < -0.39 is 30.3 Å². The van der Waals surface area contributed by atoms with Crippen LogP contribution in [0.3, 0.4) is 0 Å². The average Bonchev–Trinajstić information content (AvgIpc) is 2.09. The van der Waals surface area contributed by atoms with Gasteiger partial charge < -0.3 is 25.4 Å². The second kappa shape index (κ2) is 4.13. The minimum atomic E-state index is -2.37. The van der Waals surface area contributed by atoms with Crippen LogP contribution in [0, 0.1) is 0 Å². The van der Waals surface area contributed by atoms with Gasteiger partial charge in [0.2, 0.25) is 5.91 Å². The van der Waals surface area contributed by atoms with Gasteiger partial charge in [-0.1, -0.05) is 0 Å². The Morgan fingerprint density at radius 3 is 2.53 bits per heavy atom. The first-order chi connectivity index (χ1) is 6.85. The third-order valence-electron chi connectivity index (χ3n) is 2.17. The lowest BCUT2D eigenvalue weighted by Gasteiger charge is -2.36. The lowest BCUT2D eigenvalue weighted by atomic mass is 9.99. The molecule has 0 aromatic rings. The summed E-state index contributed by atoms with van der Waals surface area (Å²) in [5.74, 6) is -4.28. The van der Waals surface area contributed by atoms with Gasteiger partial charge in [-0.15, -0.1) is 0 Å². The number of aliphatic hydroxyl groups is 2. The summed E-state index contributed by atoms with van der Waals surface area (Å²) in [6, 6.07) is -0.692. The predicted molar refractivity (Wildman–Crippen MR) is 46.8 cm³/mol. The molecule has 1 saturated heterocycles. The molecule has 0 aliphatic carbocycles. The molecule has 1 heterocycles. The molecule has 0 radical (unpaired) electrons. The molecule has 1 aliphatic heterocycles. The van der Waals surface area contributed by atoms with Gasteiger partial charge in [0.1, 0.15) is 0 Å². The molecule has 0 aromatic heterocycles. The number of amides is 1. The topological polar surface area (TPSA) is 116 Å². The highest BCUT2D eigenvalue weighted by molar-refractivity contribution is 5.76. The number of hydrogen-bond donors (Lipinski definition) is 4. The van der Waals surface area contributed by atoms with E-state index in [-0.39, 0.29) is 12.5 Å². The van der Waals surface area contributed by atoms with Crippen LogP contribution in [-0.2, 0) is 14.3 Å². The first kappa shape index (κ1) is 11.9. The number of carboxylic acids is 1. The number of carboxylic acid groups (broad SMARTS) is 1. The molecular formula is C8H13NO6. The summed E-state index contributed by atoms with van der Waals surface area (Å²) < 4.78 is 4.69. The Morgan fingerprint density at radius 1 is 1.53 bits per heavy atom. The zero-order valence-corrected chi connectivity index (χ0v) is 8.14. The van der Waals surface area contributed by atoms with Crippen molar-refractivity contribution in [1.29, 1.82) is 0 Å².